The minimum Gasteiger partial charge on any atom is -0.0789 e. The van der Waals surface area contributed by atoms with E-state index < -0.39 is 0 Å². The number of rotatable bonds is 5. The molecule has 1 heteroatoms. The minimum atomic E-state index is 0.0493. The molecule has 0 fully saturated rings. The summed E-state index contributed by atoms with van der Waals surface area (Å²) in [6.45, 7) is 14.0. The van der Waals surface area contributed by atoms with Crippen molar-refractivity contribution in [3.8, 4) is 0 Å². The average Bonchev–Trinajstić information content (AvgIpc) is 2.78. The second-order valence-electron chi connectivity index (χ2n) is 7.10. The lowest BCUT2D eigenvalue weighted by molar-refractivity contribution is 0.719. The van der Waals surface area contributed by atoms with Crippen LogP contribution in [0.2, 0.25) is 0 Å². The van der Waals surface area contributed by atoms with Gasteiger partial charge in [0, 0.05) is 0 Å². The molecule has 0 N–H and O–H groups in total. The molecular weight excluding hydrogens is 259 g/mol. The van der Waals surface area contributed by atoms with Crippen LogP contribution in [0.1, 0.15) is 49.9 Å². The molecule has 0 saturated heterocycles. The number of benzene rings is 1. The van der Waals surface area contributed by atoms with E-state index in [0.29, 0.717) is 0 Å². The monoisotopic (exact) mass is 288 g/mol. The molecule has 20 heavy (non-hydrogen) atoms. The molecule has 0 amide bonds. The Morgan fingerprint density at radius 2 is 1.50 bits per heavy atom. The van der Waals surface area contributed by atoms with Crippen molar-refractivity contribution in [3.63, 3.8) is 0 Å². The summed E-state index contributed by atoms with van der Waals surface area (Å²) >= 11 is 0. The minimum absolute atomic E-state index is 0.0493. The molecule has 0 radical (unpaired) electrons. The van der Waals surface area contributed by atoms with Crippen LogP contribution in [0.3, 0.4) is 0 Å². The summed E-state index contributed by atoms with van der Waals surface area (Å²) in [7, 11) is 0.0493. The van der Waals surface area contributed by atoms with Crippen LogP contribution in [0.25, 0.3) is 6.08 Å². The van der Waals surface area contributed by atoms with Crippen molar-refractivity contribution < 1.29 is 0 Å². The molecule has 2 rings (SSSR count). The third kappa shape index (κ3) is 3.53. The smallest absolute Gasteiger partial charge is 0.00124 e. The zero-order valence-corrected chi connectivity index (χ0v) is 14.8. The van der Waals surface area contributed by atoms with Gasteiger partial charge in [0.25, 0.3) is 0 Å². The zero-order chi connectivity index (χ0) is 14.9. The third-order valence-electron chi connectivity index (χ3n) is 4.06. The molecule has 1 aliphatic rings. The van der Waals surface area contributed by atoms with E-state index in [1.165, 1.54) is 35.4 Å². The van der Waals surface area contributed by atoms with E-state index in [-0.39, 0.29) is 7.92 Å². The highest BCUT2D eigenvalue weighted by Gasteiger charge is 2.23. The van der Waals surface area contributed by atoms with Gasteiger partial charge in [-0.15, -0.1) is 0 Å². The summed E-state index contributed by atoms with van der Waals surface area (Å²) in [6.07, 6.45) is 6.54. The fourth-order valence-corrected chi connectivity index (χ4v) is 6.19. The molecule has 1 aliphatic carbocycles. The standard InChI is InChI=1S/C19H29P/c1-13(2)11-20(12-14(3)4)17-9-18-15(5)7-8-16(6)19(18)10-17/h7-9,13-14H,10-12H2,1-6H3. The number of hydrogen-bond donors (Lipinski definition) is 0. The highest BCUT2D eigenvalue weighted by atomic mass is 31.1. The fraction of sp³-hybridized carbons (Fsp3) is 0.579. The van der Waals surface area contributed by atoms with Crippen molar-refractivity contribution in [2.45, 2.75) is 48.0 Å². The molecule has 110 valence electrons. The van der Waals surface area contributed by atoms with Crippen molar-refractivity contribution >= 4 is 14.0 Å². The van der Waals surface area contributed by atoms with Gasteiger partial charge in [-0.05, 0) is 72.0 Å². The van der Waals surface area contributed by atoms with Crippen LogP contribution in [-0.2, 0) is 6.42 Å². The average molecular weight is 288 g/mol. The molecule has 0 aromatic heterocycles. The molecule has 0 nitrogen and oxygen atoms in total. The van der Waals surface area contributed by atoms with Gasteiger partial charge in [0.1, 0.15) is 0 Å². The number of aryl methyl sites for hydroxylation is 2. The van der Waals surface area contributed by atoms with E-state index in [4.69, 9.17) is 0 Å². The molecule has 1 aromatic rings. The van der Waals surface area contributed by atoms with Gasteiger partial charge in [-0.2, -0.15) is 0 Å². The molecule has 0 saturated carbocycles. The Morgan fingerprint density at radius 3 is 2.00 bits per heavy atom. The molecule has 1 aromatic carbocycles. The normalized spacial score (nSPS) is 14.3. The lowest BCUT2D eigenvalue weighted by Crippen LogP contribution is -2.04. The summed E-state index contributed by atoms with van der Waals surface area (Å²) in [5, 5.41) is 1.75. The van der Waals surface area contributed by atoms with Gasteiger partial charge in [-0.1, -0.05) is 53.8 Å². The van der Waals surface area contributed by atoms with E-state index in [1.54, 1.807) is 10.9 Å². The molecule has 0 heterocycles. The third-order valence-corrected chi connectivity index (χ3v) is 7.50. The lowest BCUT2D eigenvalue weighted by Gasteiger charge is -2.23. The van der Waals surface area contributed by atoms with E-state index in [0.717, 1.165) is 11.8 Å². The van der Waals surface area contributed by atoms with E-state index in [1.807, 2.05) is 0 Å². The van der Waals surface area contributed by atoms with Crippen molar-refractivity contribution in [1.82, 2.24) is 0 Å². The van der Waals surface area contributed by atoms with Gasteiger partial charge < -0.3 is 0 Å². The van der Waals surface area contributed by atoms with E-state index in [2.05, 4.69) is 59.8 Å². The van der Waals surface area contributed by atoms with Gasteiger partial charge in [0.15, 0.2) is 0 Å². The maximum absolute atomic E-state index is 2.54. The van der Waals surface area contributed by atoms with Crippen molar-refractivity contribution in [2.24, 2.45) is 11.8 Å². The van der Waals surface area contributed by atoms with Gasteiger partial charge in [-0.25, -0.2) is 0 Å². The largest absolute Gasteiger partial charge is 0.0789 e. The van der Waals surface area contributed by atoms with E-state index >= 15 is 0 Å². The quantitative estimate of drug-likeness (QED) is 0.583. The number of fused-ring (bicyclic) bond motifs is 1. The molecule has 0 spiro atoms. The zero-order valence-electron chi connectivity index (χ0n) is 14.0. The van der Waals surface area contributed by atoms with Crippen molar-refractivity contribution in [2.75, 3.05) is 12.3 Å². The van der Waals surface area contributed by atoms with Crippen molar-refractivity contribution in [3.05, 3.63) is 39.7 Å². The Morgan fingerprint density at radius 1 is 0.950 bits per heavy atom. The number of hydrogen-bond acceptors (Lipinski definition) is 0. The Kier molecular flexibility index (Phi) is 5.08. The van der Waals surface area contributed by atoms with Gasteiger partial charge in [0.2, 0.25) is 0 Å². The van der Waals surface area contributed by atoms with Crippen LogP contribution in [0, 0.1) is 25.7 Å². The fourth-order valence-electron chi connectivity index (χ4n) is 3.12. The predicted molar refractivity (Wildman–Crippen MR) is 93.9 cm³/mol. The SMILES string of the molecule is Cc1ccc(C)c2c1C=C(P(CC(C)C)CC(C)C)C2. The molecular formula is C19H29P. The van der Waals surface area contributed by atoms with Crippen LogP contribution in [0.4, 0.5) is 0 Å². The number of allylic oxidation sites excluding steroid dienone is 1. The highest BCUT2D eigenvalue weighted by molar-refractivity contribution is 7.62. The molecule has 0 unspecified atom stereocenters. The van der Waals surface area contributed by atoms with Crippen LogP contribution in [0.15, 0.2) is 17.4 Å². The van der Waals surface area contributed by atoms with Crippen LogP contribution in [-0.4, -0.2) is 12.3 Å². The Balaban J connectivity index is 2.27. The Labute approximate surface area is 126 Å². The molecule has 0 atom stereocenters. The predicted octanol–water partition coefficient (Wildman–Crippen LogP) is 5.99. The first-order valence-electron chi connectivity index (χ1n) is 7.93. The summed E-state index contributed by atoms with van der Waals surface area (Å²) in [5.74, 6) is 1.62. The van der Waals surface area contributed by atoms with Crippen LogP contribution >= 0.6 is 7.92 Å². The Hall–Kier alpha value is -0.610. The summed E-state index contributed by atoms with van der Waals surface area (Å²) in [4.78, 5) is 0. The molecule has 0 aliphatic heterocycles. The molecule has 0 bridgehead atoms. The topological polar surface area (TPSA) is 0 Å². The second-order valence-corrected chi connectivity index (χ2v) is 9.48. The lowest BCUT2D eigenvalue weighted by atomic mass is 10.00. The van der Waals surface area contributed by atoms with Crippen LogP contribution in [0.5, 0.6) is 0 Å². The maximum Gasteiger partial charge on any atom is -0.00124 e. The summed E-state index contributed by atoms with van der Waals surface area (Å²) in [5.41, 5.74) is 6.05. The first kappa shape index (κ1) is 15.8. The maximum atomic E-state index is 2.54. The first-order valence-corrected chi connectivity index (χ1v) is 9.64. The van der Waals surface area contributed by atoms with Gasteiger partial charge in [0.05, 0.1) is 0 Å². The Bertz CT molecular complexity index is 499. The van der Waals surface area contributed by atoms with Gasteiger partial charge in [-0.3, -0.25) is 0 Å². The van der Waals surface area contributed by atoms with E-state index in [9.17, 15) is 0 Å². The highest BCUT2D eigenvalue weighted by Crippen LogP contribution is 2.53. The van der Waals surface area contributed by atoms with Crippen molar-refractivity contribution in [1.29, 1.82) is 0 Å². The summed E-state index contributed by atoms with van der Waals surface area (Å²) in [6, 6.07) is 4.57. The first-order chi connectivity index (χ1) is 9.38. The summed E-state index contributed by atoms with van der Waals surface area (Å²) < 4.78 is 0. The second kappa shape index (κ2) is 6.44. The van der Waals surface area contributed by atoms with Crippen LogP contribution < -0.4 is 0 Å². The van der Waals surface area contributed by atoms with Gasteiger partial charge >= 0.3 is 0 Å².